The van der Waals surface area contributed by atoms with Gasteiger partial charge in [0, 0.05) is 0 Å². The van der Waals surface area contributed by atoms with E-state index in [0.717, 1.165) is 24.1 Å². The highest BCUT2D eigenvalue weighted by Gasteiger charge is 2.17. The number of ether oxygens (including phenoxy) is 2. The van der Waals surface area contributed by atoms with Crippen molar-refractivity contribution < 1.29 is 19.1 Å². The number of benzene rings is 2. The molecule has 0 atom stereocenters. The highest BCUT2D eigenvalue weighted by atomic mass is 16.6. The second-order valence-corrected chi connectivity index (χ2v) is 6.47. The highest BCUT2D eigenvalue weighted by molar-refractivity contribution is 5.91. The summed E-state index contributed by atoms with van der Waals surface area (Å²) in [4.78, 5) is 24.4. The summed E-state index contributed by atoms with van der Waals surface area (Å²) in [6.07, 6.45) is 0.768. The maximum atomic E-state index is 12.4. The van der Waals surface area contributed by atoms with Gasteiger partial charge in [-0.15, -0.1) is 0 Å². The Bertz CT molecular complexity index is 766. The van der Waals surface area contributed by atoms with Crippen LogP contribution in [0.1, 0.15) is 35.3 Å². The van der Waals surface area contributed by atoms with E-state index < -0.39 is 5.97 Å². The zero-order chi connectivity index (χ0) is 19.1. The number of rotatable bonds is 7. The van der Waals surface area contributed by atoms with Crippen LogP contribution in [0.3, 0.4) is 0 Å². The summed E-state index contributed by atoms with van der Waals surface area (Å²) >= 11 is 0. The normalized spacial score (nSPS) is 10.7. The summed E-state index contributed by atoms with van der Waals surface area (Å²) in [6.45, 7) is 6.24. The Morgan fingerprint density at radius 3 is 2.31 bits per heavy atom. The fourth-order valence-corrected chi connectivity index (χ4v) is 2.22. The van der Waals surface area contributed by atoms with E-state index in [0.29, 0.717) is 5.56 Å². The Hall–Kier alpha value is -2.66. The van der Waals surface area contributed by atoms with Crippen molar-refractivity contribution in [2.45, 2.75) is 27.2 Å². The summed E-state index contributed by atoms with van der Waals surface area (Å²) in [6, 6.07) is 12.4. The molecule has 138 valence electrons. The molecule has 5 heteroatoms. The number of hydrogen-bond acceptors (Lipinski definition) is 5. The summed E-state index contributed by atoms with van der Waals surface area (Å²) < 4.78 is 10.9. The van der Waals surface area contributed by atoms with Gasteiger partial charge >= 0.3 is 11.9 Å². The van der Waals surface area contributed by atoms with Gasteiger partial charge in [-0.25, -0.2) is 4.79 Å². The van der Waals surface area contributed by atoms with Crippen LogP contribution in [0, 0.1) is 12.8 Å². The number of hydrogen-bond donors (Lipinski definition) is 1. The van der Waals surface area contributed by atoms with Crippen LogP contribution in [0.2, 0.25) is 0 Å². The lowest BCUT2D eigenvalue weighted by Crippen LogP contribution is -2.17. The predicted molar refractivity (Wildman–Crippen MR) is 101 cm³/mol. The highest BCUT2D eigenvalue weighted by Crippen LogP contribution is 2.30. The monoisotopic (exact) mass is 355 g/mol. The molecule has 2 aromatic rings. The molecule has 0 amide bonds. The van der Waals surface area contributed by atoms with Crippen LogP contribution in [0.5, 0.6) is 11.5 Å². The molecule has 0 unspecified atom stereocenters. The summed E-state index contributed by atoms with van der Waals surface area (Å²) in [5.74, 6) is -0.645. The first kappa shape index (κ1) is 19.7. The first-order valence-corrected chi connectivity index (χ1v) is 8.68. The van der Waals surface area contributed by atoms with Gasteiger partial charge in [-0.1, -0.05) is 37.6 Å². The van der Waals surface area contributed by atoms with Crippen LogP contribution in [-0.2, 0) is 11.2 Å². The van der Waals surface area contributed by atoms with Gasteiger partial charge in [0.2, 0.25) is 0 Å². The Morgan fingerprint density at radius 1 is 1.00 bits per heavy atom. The molecular weight excluding hydrogens is 330 g/mol. The standard InChI is InChI=1S/C21H25NO4/c1-14(2)20(23)25-18-10-7-16(11-12-22-4)13-19(18)26-21(24)17-8-5-15(3)6-9-17/h5-10,13-14,22H,11-12H2,1-4H3. The lowest BCUT2D eigenvalue weighted by atomic mass is 10.1. The van der Waals surface area contributed by atoms with Crippen molar-refractivity contribution in [2.75, 3.05) is 13.6 Å². The molecule has 0 bridgehead atoms. The maximum Gasteiger partial charge on any atom is 0.343 e. The minimum atomic E-state index is -0.488. The van der Waals surface area contributed by atoms with Gasteiger partial charge in [0.25, 0.3) is 0 Å². The van der Waals surface area contributed by atoms with E-state index in [1.807, 2.05) is 32.2 Å². The van der Waals surface area contributed by atoms with Crippen molar-refractivity contribution in [3.05, 3.63) is 59.2 Å². The molecular formula is C21H25NO4. The minimum absolute atomic E-state index is 0.248. The molecule has 0 aromatic heterocycles. The van der Waals surface area contributed by atoms with E-state index in [4.69, 9.17) is 9.47 Å². The lowest BCUT2D eigenvalue weighted by Gasteiger charge is -2.13. The van der Waals surface area contributed by atoms with Crippen LogP contribution in [0.4, 0.5) is 0 Å². The third-order valence-corrected chi connectivity index (χ3v) is 3.84. The molecule has 2 aromatic carbocycles. The van der Waals surface area contributed by atoms with Gasteiger partial charge in [0.15, 0.2) is 11.5 Å². The molecule has 1 N–H and O–H groups in total. The Balaban J connectivity index is 2.27. The van der Waals surface area contributed by atoms with E-state index in [-0.39, 0.29) is 23.4 Å². The number of aryl methyl sites for hydroxylation is 1. The van der Waals surface area contributed by atoms with Crippen LogP contribution in [-0.4, -0.2) is 25.5 Å². The quantitative estimate of drug-likeness (QED) is 0.608. The molecule has 0 aliphatic rings. The maximum absolute atomic E-state index is 12.4. The van der Waals surface area contributed by atoms with E-state index in [2.05, 4.69) is 5.32 Å². The Kier molecular flexibility index (Phi) is 6.92. The van der Waals surface area contributed by atoms with Gasteiger partial charge in [-0.2, -0.15) is 0 Å². The third-order valence-electron chi connectivity index (χ3n) is 3.84. The minimum Gasteiger partial charge on any atom is -0.422 e. The smallest absolute Gasteiger partial charge is 0.343 e. The van der Waals surface area contributed by atoms with Gasteiger partial charge < -0.3 is 14.8 Å². The molecule has 0 saturated carbocycles. The zero-order valence-corrected chi connectivity index (χ0v) is 15.7. The van der Waals surface area contributed by atoms with Gasteiger partial charge in [0.1, 0.15) is 0 Å². The van der Waals surface area contributed by atoms with Crippen molar-refractivity contribution in [1.29, 1.82) is 0 Å². The molecule has 0 spiro atoms. The zero-order valence-electron chi connectivity index (χ0n) is 15.7. The molecule has 26 heavy (non-hydrogen) atoms. The fourth-order valence-electron chi connectivity index (χ4n) is 2.22. The molecule has 0 aliphatic heterocycles. The van der Waals surface area contributed by atoms with Crippen LogP contribution in [0.25, 0.3) is 0 Å². The van der Waals surface area contributed by atoms with Crippen molar-refractivity contribution in [3.63, 3.8) is 0 Å². The average molecular weight is 355 g/mol. The van der Waals surface area contributed by atoms with Crippen LogP contribution in [0.15, 0.2) is 42.5 Å². The van der Waals surface area contributed by atoms with Crippen LogP contribution < -0.4 is 14.8 Å². The average Bonchev–Trinajstić information content (AvgIpc) is 2.62. The first-order valence-electron chi connectivity index (χ1n) is 8.68. The van der Waals surface area contributed by atoms with Crippen molar-refractivity contribution in [1.82, 2.24) is 5.32 Å². The SMILES string of the molecule is CNCCc1ccc(OC(=O)C(C)C)c(OC(=O)c2ccc(C)cc2)c1. The molecule has 0 fully saturated rings. The Morgan fingerprint density at radius 2 is 1.69 bits per heavy atom. The summed E-state index contributed by atoms with van der Waals surface area (Å²) in [7, 11) is 1.87. The van der Waals surface area contributed by atoms with Crippen molar-refractivity contribution in [3.8, 4) is 11.5 Å². The van der Waals surface area contributed by atoms with Crippen molar-refractivity contribution in [2.24, 2.45) is 5.92 Å². The predicted octanol–water partition coefficient (Wildman–Crippen LogP) is 3.54. The largest absolute Gasteiger partial charge is 0.422 e. The number of carbonyl (C=O) groups excluding carboxylic acids is 2. The molecule has 0 heterocycles. The van der Waals surface area contributed by atoms with Gasteiger partial charge in [0.05, 0.1) is 11.5 Å². The van der Waals surface area contributed by atoms with E-state index in [1.54, 1.807) is 38.1 Å². The fraction of sp³-hybridized carbons (Fsp3) is 0.333. The van der Waals surface area contributed by atoms with Crippen LogP contribution >= 0.6 is 0 Å². The second-order valence-electron chi connectivity index (χ2n) is 6.47. The lowest BCUT2D eigenvalue weighted by molar-refractivity contribution is -0.137. The molecule has 2 rings (SSSR count). The summed E-state index contributed by atoms with van der Waals surface area (Å²) in [5, 5.41) is 3.08. The topological polar surface area (TPSA) is 64.6 Å². The van der Waals surface area contributed by atoms with Gasteiger partial charge in [-0.3, -0.25) is 4.79 Å². The van der Waals surface area contributed by atoms with E-state index in [9.17, 15) is 9.59 Å². The Labute approximate surface area is 154 Å². The molecule has 0 radical (unpaired) electrons. The number of likely N-dealkylation sites (N-methyl/N-ethyl adjacent to an activating group) is 1. The molecule has 0 saturated heterocycles. The molecule has 5 nitrogen and oxygen atoms in total. The number of carbonyl (C=O) groups is 2. The van der Waals surface area contributed by atoms with E-state index >= 15 is 0 Å². The first-order chi connectivity index (χ1) is 12.4. The summed E-state index contributed by atoms with van der Waals surface area (Å²) in [5.41, 5.74) is 2.48. The number of esters is 2. The molecule has 0 aliphatic carbocycles. The number of nitrogens with one attached hydrogen (secondary N) is 1. The van der Waals surface area contributed by atoms with E-state index in [1.165, 1.54) is 0 Å². The second kappa shape index (κ2) is 9.15. The van der Waals surface area contributed by atoms with Gasteiger partial charge in [-0.05, 0) is 56.8 Å². The third kappa shape index (κ3) is 5.43. The van der Waals surface area contributed by atoms with Crippen molar-refractivity contribution >= 4 is 11.9 Å².